The molecular weight excluding hydrogens is 527 g/mol. The average molecular weight is 555 g/mol. The lowest BCUT2D eigenvalue weighted by atomic mass is 9.92. The molecule has 38 heavy (non-hydrogen) atoms. The number of hydrogen-bond acceptors (Lipinski definition) is 5. The van der Waals surface area contributed by atoms with Crippen molar-refractivity contribution in [2.24, 2.45) is 5.73 Å². The van der Waals surface area contributed by atoms with E-state index in [1.807, 2.05) is 48.5 Å². The predicted molar refractivity (Wildman–Crippen MR) is 147 cm³/mol. The summed E-state index contributed by atoms with van der Waals surface area (Å²) in [7, 11) is 0. The summed E-state index contributed by atoms with van der Waals surface area (Å²) in [5, 5.41) is 13.8. The lowest BCUT2D eigenvalue weighted by Gasteiger charge is -2.49. The van der Waals surface area contributed by atoms with Crippen LogP contribution in [0.15, 0.2) is 72.8 Å². The molecule has 3 amide bonds. The zero-order valence-corrected chi connectivity index (χ0v) is 22.2. The Morgan fingerprint density at radius 3 is 2.05 bits per heavy atom. The third kappa shape index (κ3) is 6.45. The van der Waals surface area contributed by atoms with Gasteiger partial charge in [0.15, 0.2) is 0 Å². The molecule has 1 heterocycles. The molecular formula is C28H28Cl2N4O4. The number of carbonyl (C=O) groups excluding carboxylic acids is 3. The van der Waals surface area contributed by atoms with Gasteiger partial charge in [0, 0.05) is 34.9 Å². The monoisotopic (exact) mass is 554 g/mol. The molecule has 0 radical (unpaired) electrons. The van der Waals surface area contributed by atoms with Crippen LogP contribution in [0.3, 0.4) is 0 Å². The number of primary amides is 1. The number of anilines is 1. The van der Waals surface area contributed by atoms with Crippen LogP contribution in [0.5, 0.6) is 5.75 Å². The van der Waals surface area contributed by atoms with Crippen molar-refractivity contribution in [2.45, 2.75) is 31.5 Å². The van der Waals surface area contributed by atoms with Gasteiger partial charge in [-0.05, 0) is 54.4 Å². The first kappa shape index (κ1) is 27.4. The lowest BCUT2D eigenvalue weighted by Crippen LogP contribution is -2.62. The number of nitrogens with one attached hydrogen (secondary N) is 1. The molecule has 3 aromatic carbocycles. The van der Waals surface area contributed by atoms with Gasteiger partial charge in [-0.25, -0.2) is 0 Å². The number of phenols is 1. The molecule has 1 aliphatic rings. The smallest absolute Gasteiger partial charge is 0.239 e. The van der Waals surface area contributed by atoms with Crippen molar-refractivity contribution in [1.29, 1.82) is 0 Å². The number of phenolic OH excluding ortho intramolecular Hbond substituents is 1. The Bertz CT molecular complexity index is 1270. The zero-order chi connectivity index (χ0) is 27.4. The SMILES string of the molecule is CC(NC(=O)CC(=O)N(c1cccc(O)c1)C1CN(C(c2ccc(Cl)cc2)c2ccc(Cl)cc2)C1)C(N)=O. The molecule has 198 valence electrons. The van der Waals surface area contributed by atoms with E-state index in [1.54, 1.807) is 12.1 Å². The highest BCUT2D eigenvalue weighted by Gasteiger charge is 2.40. The van der Waals surface area contributed by atoms with Crippen molar-refractivity contribution in [3.05, 3.63) is 94.0 Å². The summed E-state index contributed by atoms with van der Waals surface area (Å²) in [4.78, 5) is 40.9. The molecule has 0 aromatic heterocycles. The molecule has 1 saturated heterocycles. The minimum absolute atomic E-state index is 0.00323. The van der Waals surface area contributed by atoms with Gasteiger partial charge in [-0.15, -0.1) is 0 Å². The van der Waals surface area contributed by atoms with E-state index in [1.165, 1.54) is 24.0 Å². The van der Waals surface area contributed by atoms with Gasteiger partial charge in [0.1, 0.15) is 18.2 Å². The first-order valence-corrected chi connectivity index (χ1v) is 12.8. The second kappa shape index (κ2) is 11.9. The van der Waals surface area contributed by atoms with Gasteiger partial charge in [-0.2, -0.15) is 0 Å². The van der Waals surface area contributed by atoms with Crippen molar-refractivity contribution in [3.8, 4) is 5.75 Å². The second-order valence-electron chi connectivity index (χ2n) is 9.27. The summed E-state index contributed by atoms with van der Waals surface area (Å²) in [6.45, 7) is 2.47. The van der Waals surface area contributed by atoms with E-state index in [0.717, 1.165) is 11.1 Å². The van der Waals surface area contributed by atoms with Crippen LogP contribution in [0, 0.1) is 0 Å². The number of nitrogens with two attached hydrogens (primary N) is 1. The Morgan fingerprint density at radius 1 is 1.00 bits per heavy atom. The van der Waals surface area contributed by atoms with Crippen LogP contribution in [0.25, 0.3) is 0 Å². The molecule has 4 rings (SSSR count). The maximum Gasteiger partial charge on any atom is 0.239 e. The Morgan fingerprint density at radius 2 is 1.55 bits per heavy atom. The predicted octanol–water partition coefficient (Wildman–Crippen LogP) is 3.89. The highest BCUT2D eigenvalue weighted by Crippen LogP contribution is 2.36. The molecule has 1 fully saturated rings. The van der Waals surface area contributed by atoms with Crippen LogP contribution in [0.2, 0.25) is 10.0 Å². The third-order valence-electron chi connectivity index (χ3n) is 6.48. The Balaban J connectivity index is 1.57. The highest BCUT2D eigenvalue weighted by atomic mass is 35.5. The summed E-state index contributed by atoms with van der Waals surface area (Å²) in [5.74, 6) is -1.75. The van der Waals surface area contributed by atoms with Gasteiger partial charge in [0.05, 0.1) is 12.1 Å². The van der Waals surface area contributed by atoms with E-state index >= 15 is 0 Å². The third-order valence-corrected chi connectivity index (χ3v) is 6.99. The Kier molecular flexibility index (Phi) is 8.56. The van der Waals surface area contributed by atoms with Crippen LogP contribution < -0.4 is 16.0 Å². The van der Waals surface area contributed by atoms with Crippen molar-refractivity contribution in [1.82, 2.24) is 10.2 Å². The number of halogens is 2. The molecule has 1 unspecified atom stereocenters. The molecule has 4 N–H and O–H groups in total. The molecule has 3 aromatic rings. The first-order valence-electron chi connectivity index (χ1n) is 12.1. The standard InChI is InChI=1S/C28H28Cl2N4O4/c1-17(28(31)38)32-25(36)14-26(37)34(22-3-2-4-24(35)13-22)23-15-33(16-23)27(18-5-9-20(29)10-6-18)19-7-11-21(30)12-8-19/h2-13,17,23,27,35H,14-16H2,1H3,(H2,31,38)(H,32,36). The molecule has 0 aliphatic carbocycles. The number of amides is 3. The van der Waals surface area contributed by atoms with Crippen molar-refractivity contribution in [3.63, 3.8) is 0 Å². The minimum atomic E-state index is -0.900. The van der Waals surface area contributed by atoms with Gasteiger partial charge >= 0.3 is 0 Å². The number of hydrogen-bond donors (Lipinski definition) is 3. The number of carbonyl (C=O) groups is 3. The molecule has 8 nitrogen and oxygen atoms in total. The van der Waals surface area contributed by atoms with Crippen LogP contribution >= 0.6 is 23.2 Å². The van der Waals surface area contributed by atoms with E-state index < -0.39 is 30.2 Å². The van der Waals surface area contributed by atoms with Crippen LogP contribution in [0.1, 0.15) is 30.5 Å². The van der Waals surface area contributed by atoms with E-state index in [9.17, 15) is 19.5 Å². The van der Waals surface area contributed by atoms with Crippen LogP contribution in [-0.4, -0.2) is 52.9 Å². The van der Waals surface area contributed by atoms with Crippen molar-refractivity contribution in [2.75, 3.05) is 18.0 Å². The average Bonchev–Trinajstić information content (AvgIpc) is 2.84. The summed E-state index contributed by atoms with van der Waals surface area (Å²) in [6.07, 6.45) is -0.471. The molecule has 0 bridgehead atoms. The summed E-state index contributed by atoms with van der Waals surface area (Å²) in [5.41, 5.74) is 7.76. The second-order valence-corrected chi connectivity index (χ2v) is 10.1. The van der Waals surface area contributed by atoms with Gasteiger partial charge in [0.25, 0.3) is 0 Å². The highest BCUT2D eigenvalue weighted by molar-refractivity contribution is 6.30. The number of likely N-dealkylation sites (tertiary alicyclic amines) is 1. The van der Waals surface area contributed by atoms with Crippen molar-refractivity contribution >= 4 is 46.6 Å². The van der Waals surface area contributed by atoms with E-state index in [2.05, 4.69) is 10.2 Å². The molecule has 10 heteroatoms. The first-order chi connectivity index (χ1) is 18.1. The normalized spacial score (nSPS) is 14.5. The topological polar surface area (TPSA) is 116 Å². The summed E-state index contributed by atoms with van der Waals surface area (Å²) < 4.78 is 0. The van der Waals surface area contributed by atoms with Crippen LogP contribution in [-0.2, 0) is 14.4 Å². The maximum atomic E-state index is 13.4. The summed E-state index contributed by atoms with van der Waals surface area (Å²) in [6, 6.07) is 20.3. The van der Waals surface area contributed by atoms with Crippen LogP contribution in [0.4, 0.5) is 5.69 Å². The number of nitrogens with zero attached hydrogens (tertiary/aromatic N) is 2. The number of aromatic hydroxyl groups is 1. The van der Waals surface area contributed by atoms with E-state index in [-0.39, 0.29) is 17.8 Å². The van der Waals surface area contributed by atoms with Gasteiger partial charge in [-0.1, -0.05) is 53.5 Å². The Hall–Kier alpha value is -3.59. The zero-order valence-electron chi connectivity index (χ0n) is 20.7. The summed E-state index contributed by atoms with van der Waals surface area (Å²) >= 11 is 12.3. The van der Waals surface area contributed by atoms with Gasteiger partial charge < -0.3 is 21.1 Å². The minimum Gasteiger partial charge on any atom is -0.508 e. The van der Waals surface area contributed by atoms with E-state index in [4.69, 9.17) is 28.9 Å². The van der Waals surface area contributed by atoms with Gasteiger partial charge in [0.2, 0.25) is 17.7 Å². The lowest BCUT2D eigenvalue weighted by molar-refractivity contribution is -0.131. The fourth-order valence-electron chi connectivity index (χ4n) is 4.55. The fraction of sp³-hybridized carbons (Fsp3) is 0.250. The largest absolute Gasteiger partial charge is 0.508 e. The maximum absolute atomic E-state index is 13.4. The molecule has 1 atom stereocenters. The number of benzene rings is 3. The van der Waals surface area contributed by atoms with Crippen molar-refractivity contribution < 1.29 is 19.5 Å². The fourth-order valence-corrected chi connectivity index (χ4v) is 4.81. The number of rotatable bonds is 9. The quantitative estimate of drug-likeness (QED) is 0.347. The Labute approximate surface area is 230 Å². The van der Waals surface area contributed by atoms with E-state index in [0.29, 0.717) is 28.8 Å². The molecule has 0 spiro atoms. The molecule has 0 saturated carbocycles. The van der Waals surface area contributed by atoms with Gasteiger partial charge in [-0.3, -0.25) is 19.3 Å². The molecule has 1 aliphatic heterocycles.